The summed E-state index contributed by atoms with van der Waals surface area (Å²) in [4.78, 5) is 13.6. The number of aromatic nitrogens is 4. The second kappa shape index (κ2) is 4.35. The van der Waals surface area contributed by atoms with Crippen LogP contribution in [-0.2, 0) is 0 Å². The van der Waals surface area contributed by atoms with Gasteiger partial charge in [-0.1, -0.05) is 13.8 Å². The van der Waals surface area contributed by atoms with Gasteiger partial charge in [0.1, 0.15) is 5.82 Å². The lowest BCUT2D eigenvalue weighted by molar-refractivity contribution is 0.111. The molecule has 0 aliphatic rings. The Morgan fingerprint density at radius 3 is 2.79 bits per heavy atom. The second-order valence-corrected chi connectivity index (χ2v) is 4.82. The SMILES string of the molecule is CC(C)c1nnc2ccc(-c3c[nH]c(C=O)c3)cn12. The number of nitrogens with zero attached hydrogens (tertiary/aromatic N) is 3. The van der Waals surface area contributed by atoms with E-state index in [1.165, 1.54) is 0 Å². The largest absolute Gasteiger partial charge is 0.358 e. The van der Waals surface area contributed by atoms with Crippen molar-refractivity contribution in [3.05, 3.63) is 42.1 Å². The van der Waals surface area contributed by atoms with Crippen LogP contribution in [0.25, 0.3) is 16.8 Å². The van der Waals surface area contributed by atoms with Crippen LogP contribution in [-0.4, -0.2) is 25.9 Å². The van der Waals surface area contributed by atoms with Gasteiger partial charge in [-0.15, -0.1) is 10.2 Å². The molecule has 5 nitrogen and oxygen atoms in total. The minimum atomic E-state index is 0.307. The van der Waals surface area contributed by atoms with Crippen molar-refractivity contribution in [3.8, 4) is 11.1 Å². The molecular weight excluding hydrogens is 240 g/mol. The maximum Gasteiger partial charge on any atom is 0.166 e. The zero-order valence-corrected chi connectivity index (χ0v) is 10.8. The van der Waals surface area contributed by atoms with Gasteiger partial charge in [-0.25, -0.2) is 0 Å². The summed E-state index contributed by atoms with van der Waals surface area (Å²) in [6, 6.07) is 5.74. The molecule has 5 heteroatoms. The monoisotopic (exact) mass is 254 g/mol. The summed E-state index contributed by atoms with van der Waals surface area (Å²) < 4.78 is 1.99. The van der Waals surface area contributed by atoms with E-state index in [1.807, 2.05) is 35.0 Å². The third kappa shape index (κ3) is 1.93. The molecule has 0 saturated heterocycles. The Balaban J connectivity index is 2.14. The number of hydrogen-bond donors (Lipinski definition) is 1. The lowest BCUT2D eigenvalue weighted by Crippen LogP contribution is -1.96. The first-order valence-corrected chi connectivity index (χ1v) is 6.17. The predicted molar refractivity (Wildman–Crippen MR) is 72.3 cm³/mol. The average Bonchev–Trinajstić information content (AvgIpc) is 3.04. The van der Waals surface area contributed by atoms with E-state index in [4.69, 9.17) is 0 Å². The second-order valence-electron chi connectivity index (χ2n) is 4.82. The molecule has 0 spiro atoms. The van der Waals surface area contributed by atoms with Crippen molar-refractivity contribution in [2.24, 2.45) is 0 Å². The number of H-pyrrole nitrogens is 1. The van der Waals surface area contributed by atoms with E-state index in [0.717, 1.165) is 28.9 Å². The summed E-state index contributed by atoms with van der Waals surface area (Å²) >= 11 is 0. The number of nitrogens with one attached hydrogen (secondary N) is 1. The van der Waals surface area contributed by atoms with Crippen LogP contribution in [0.5, 0.6) is 0 Å². The summed E-state index contributed by atoms with van der Waals surface area (Å²) in [5.41, 5.74) is 3.41. The summed E-state index contributed by atoms with van der Waals surface area (Å²) in [6.45, 7) is 4.17. The number of carbonyl (C=O) groups is 1. The van der Waals surface area contributed by atoms with Crippen molar-refractivity contribution >= 4 is 11.9 Å². The fourth-order valence-corrected chi connectivity index (χ4v) is 2.12. The first-order valence-electron chi connectivity index (χ1n) is 6.17. The molecule has 3 aromatic rings. The van der Waals surface area contributed by atoms with Gasteiger partial charge in [0, 0.05) is 29.4 Å². The summed E-state index contributed by atoms with van der Waals surface area (Å²) in [6.07, 6.45) is 4.63. The minimum absolute atomic E-state index is 0.307. The maximum absolute atomic E-state index is 10.7. The highest BCUT2D eigenvalue weighted by Crippen LogP contribution is 2.22. The fraction of sp³-hybridized carbons (Fsp3) is 0.214. The summed E-state index contributed by atoms with van der Waals surface area (Å²) in [5.74, 6) is 1.24. The molecule has 0 fully saturated rings. The van der Waals surface area contributed by atoms with Crippen LogP contribution < -0.4 is 0 Å². The van der Waals surface area contributed by atoms with E-state index in [2.05, 4.69) is 29.0 Å². The molecule has 3 heterocycles. The lowest BCUT2D eigenvalue weighted by atomic mass is 10.1. The van der Waals surface area contributed by atoms with E-state index in [9.17, 15) is 4.79 Å². The Kier molecular flexibility index (Phi) is 2.67. The van der Waals surface area contributed by atoms with Crippen LogP contribution in [0.15, 0.2) is 30.6 Å². The van der Waals surface area contributed by atoms with Crippen LogP contribution in [0.2, 0.25) is 0 Å². The van der Waals surface area contributed by atoms with E-state index in [1.54, 1.807) is 0 Å². The molecule has 0 amide bonds. The van der Waals surface area contributed by atoms with Crippen molar-refractivity contribution in [1.29, 1.82) is 0 Å². The molecule has 3 rings (SSSR count). The van der Waals surface area contributed by atoms with Gasteiger partial charge in [0.2, 0.25) is 0 Å². The molecular formula is C14H14N4O. The molecule has 0 aliphatic heterocycles. The van der Waals surface area contributed by atoms with Crippen molar-refractivity contribution < 1.29 is 4.79 Å². The third-order valence-corrected chi connectivity index (χ3v) is 3.11. The quantitative estimate of drug-likeness (QED) is 0.731. The highest BCUT2D eigenvalue weighted by molar-refractivity contribution is 5.77. The predicted octanol–water partition coefficient (Wildman–Crippen LogP) is 2.66. The summed E-state index contributed by atoms with van der Waals surface area (Å²) in [5, 5.41) is 8.35. The van der Waals surface area contributed by atoms with Gasteiger partial charge in [0.25, 0.3) is 0 Å². The minimum Gasteiger partial charge on any atom is -0.358 e. The van der Waals surface area contributed by atoms with Gasteiger partial charge in [-0.3, -0.25) is 9.20 Å². The van der Waals surface area contributed by atoms with Gasteiger partial charge in [-0.05, 0) is 18.2 Å². The number of aldehydes is 1. The molecule has 0 radical (unpaired) electrons. The van der Waals surface area contributed by atoms with Crippen LogP contribution >= 0.6 is 0 Å². The Morgan fingerprint density at radius 2 is 2.11 bits per heavy atom. The summed E-state index contributed by atoms with van der Waals surface area (Å²) in [7, 11) is 0. The van der Waals surface area contributed by atoms with Crippen molar-refractivity contribution in [2.75, 3.05) is 0 Å². The normalized spacial score (nSPS) is 11.3. The molecule has 0 atom stereocenters. The molecule has 19 heavy (non-hydrogen) atoms. The zero-order chi connectivity index (χ0) is 13.4. The number of aromatic amines is 1. The lowest BCUT2D eigenvalue weighted by Gasteiger charge is -2.04. The van der Waals surface area contributed by atoms with Crippen molar-refractivity contribution in [3.63, 3.8) is 0 Å². The van der Waals surface area contributed by atoms with Crippen LogP contribution in [0, 0.1) is 0 Å². The third-order valence-electron chi connectivity index (χ3n) is 3.11. The topological polar surface area (TPSA) is 63.0 Å². The van der Waals surface area contributed by atoms with Crippen molar-refractivity contribution in [1.82, 2.24) is 19.6 Å². The van der Waals surface area contributed by atoms with E-state index in [0.29, 0.717) is 11.6 Å². The number of pyridine rings is 1. The molecule has 0 aromatic carbocycles. The number of hydrogen-bond acceptors (Lipinski definition) is 3. The Labute approximate surface area is 110 Å². The van der Waals surface area contributed by atoms with E-state index >= 15 is 0 Å². The Hall–Kier alpha value is -2.43. The zero-order valence-electron chi connectivity index (χ0n) is 10.8. The van der Waals surface area contributed by atoms with Gasteiger partial charge >= 0.3 is 0 Å². The molecule has 0 unspecified atom stereocenters. The smallest absolute Gasteiger partial charge is 0.166 e. The Bertz CT molecular complexity index is 739. The number of rotatable bonds is 3. The molecule has 3 aromatic heterocycles. The molecule has 96 valence electrons. The van der Waals surface area contributed by atoms with Crippen LogP contribution in [0.4, 0.5) is 0 Å². The highest BCUT2D eigenvalue weighted by atomic mass is 16.1. The average molecular weight is 254 g/mol. The van der Waals surface area contributed by atoms with Gasteiger partial charge in [0.05, 0.1) is 5.69 Å². The molecule has 0 aliphatic carbocycles. The Morgan fingerprint density at radius 1 is 1.26 bits per heavy atom. The van der Waals surface area contributed by atoms with Gasteiger partial charge in [0.15, 0.2) is 11.9 Å². The molecule has 0 saturated carbocycles. The van der Waals surface area contributed by atoms with Crippen molar-refractivity contribution in [2.45, 2.75) is 19.8 Å². The fourth-order valence-electron chi connectivity index (χ4n) is 2.12. The molecule has 0 bridgehead atoms. The first-order chi connectivity index (χ1) is 9.19. The first kappa shape index (κ1) is 11.6. The van der Waals surface area contributed by atoms with Gasteiger partial charge < -0.3 is 4.98 Å². The maximum atomic E-state index is 10.7. The number of fused-ring (bicyclic) bond motifs is 1. The van der Waals surface area contributed by atoms with Crippen LogP contribution in [0.3, 0.4) is 0 Å². The molecule has 1 N–H and O–H groups in total. The van der Waals surface area contributed by atoms with E-state index in [-0.39, 0.29) is 0 Å². The highest BCUT2D eigenvalue weighted by Gasteiger charge is 2.10. The van der Waals surface area contributed by atoms with E-state index < -0.39 is 0 Å². The van der Waals surface area contributed by atoms with Crippen LogP contribution in [0.1, 0.15) is 36.1 Å². The standard InChI is InChI=1S/C14H14N4O/c1-9(2)14-17-16-13-4-3-10(7-18(13)14)11-5-12(8-19)15-6-11/h3-9,15H,1-2H3. The number of carbonyl (C=O) groups excluding carboxylic acids is 1. The van der Waals surface area contributed by atoms with Gasteiger partial charge in [-0.2, -0.15) is 0 Å².